The standard InChI is InChI=1S/C34H34ClN3O2/c35-31-22-27(16-17-32(31)40-24-26-10-4-1-5-11-26)23-37-20-18-30(19-21-37)38-25-34(36-33(38)39,28-12-6-2-7-13-28)29-14-8-3-9-15-29/h1-17,22,30H,18-21,23-25H2,(H,36,39). The van der Waals surface area contributed by atoms with Gasteiger partial charge in [-0.1, -0.05) is 109 Å². The molecular weight excluding hydrogens is 518 g/mol. The number of likely N-dealkylation sites (tertiary alicyclic amines) is 1. The molecule has 0 unspecified atom stereocenters. The molecule has 4 aromatic carbocycles. The van der Waals surface area contributed by atoms with E-state index in [0.29, 0.717) is 23.9 Å². The van der Waals surface area contributed by atoms with E-state index in [1.807, 2.05) is 78.9 Å². The maximum atomic E-state index is 13.4. The highest BCUT2D eigenvalue weighted by Gasteiger charge is 2.47. The third-order valence-electron chi connectivity index (χ3n) is 8.16. The number of nitrogens with one attached hydrogen (secondary N) is 1. The van der Waals surface area contributed by atoms with Gasteiger partial charge in [-0.15, -0.1) is 0 Å². The first kappa shape index (κ1) is 26.4. The molecule has 0 radical (unpaired) electrons. The number of hydrogen-bond acceptors (Lipinski definition) is 3. The molecule has 0 bridgehead atoms. The number of amides is 2. The third-order valence-corrected chi connectivity index (χ3v) is 8.45. The van der Waals surface area contributed by atoms with E-state index >= 15 is 0 Å². The molecule has 2 amide bonds. The molecule has 5 nitrogen and oxygen atoms in total. The molecule has 2 saturated heterocycles. The Hall–Kier alpha value is -3.80. The van der Waals surface area contributed by atoms with E-state index in [1.165, 1.54) is 5.56 Å². The largest absolute Gasteiger partial charge is 0.487 e. The van der Waals surface area contributed by atoms with Crippen LogP contribution in [0.15, 0.2) is 109 Å². The van der Waals surface area contributed by atoms with Gasteiger partial charge in [-0.05, 0) is 47.2 Å². The average Bonchev–Trinajstić information content (AvgIpc) is 3.37. The second-order valence-corrected chi connectivity index (χ2v) is 11.1. The van der Waals surface area contributed by atoms with Gasteiger partial charge in [0.15, 0.2) is 0 Å². The number of urea groups is 1. The number of hydrogen-bond donors (Lipinski definition) is 1. The highest BCUT2D eigenvalue weighted by molar-refractivity contribution is 6.32. The minimum atomic E-state index is -0.544. The van der Waals surface area contributed by atoms with Crippen molar-refractivity contribution in [2.45, 2.75) is 37.6 Å². The molecular formula is C34H34ClN3O2. The summed E-state index contributed by atoms with van der Waals surface area (Å²) >= 11 is 6.57. The Bertz CT molecular complexity index is 1380. The van der Waals surface area contributed by atoms with Crippen molar-refractivity contribution in [3.63, 3.8) is 0 Å². The summed E-state index contributed by atoms with van der Waals surface area (Å²) in [6, 6.07) is 37.1. The number of halogens is 1. The fourth-order valence-electron chi connectivity index (χ4n) is 6.00. The van der Waals surface area contributed by atoms with Crippen LogP contribution >= 0.6 is 11.6 Å². The van der Waals surface area contributed by atoms with Crippen LogP contribution in [-0.4, -0.2) is 41.5 Å². The van der Waals surface area contributed by atoms with E-state index in [2.05, 4.69) is 45.4 Å². The van der Waals surface area contributed by atoms with Crippen molar-refractivity contribution in [3.05, 3.63) is 136 Å². The van der Waals surface area contributed by atoms with E-state index < -0.39 is 5.54 Å². The second-order valence-electron chi connectivity index (χ2n) is 10.7. The molecule has 1 N–H and O–H groups in total. The summed E-state index contributed by atoms with van der Waals surface area (Å²) in [6.07, 6.45) is 1.89. The van der Waals surface area contributed by atoms with Gasteiger partial charge in [0, 0.05) is 25.7 Å². The van der Waals surface area contributed by atoms with Crippen LogP contribution in [0.3, 0.4) is 0 Å². The van der Waals surface area contributed by atoms with Gasteiger partial charge < -0.3 is 15.0 Å². The number of piperidine rings is 1. The van der Waals surface area contributed by atoms with Crippen molar-refractivity contribution in [1.29, 1.82) is 0 Å². The summed E-state index contributed by atoms with van der Waals surface area (Å²) < 4.78 is 5.94. The summed E-state index contributed by atoms with van der Waals surface area (Å²) in [4.78, 5) is 17.9. The van der Waals surface area contributed by atoms with Crippen molar-refractivity contribution in [1.82, 2.24) is 15.1 Å². The summed E-state index contributed by atoms with van der Waals surface area (Å²) in [5.74, 6) is 0.702. The van der Waals surface area contributed by atoms with Gasteiger partial charge in [0.2, 0.25) is 0 Å². The molecule has 0 saturated carbocycles. The van der Waals surface area contributed by atoms with Crippen LogP contribution in [0.5, 0.6) is 5.75 Å². The quantitative estimate of drug-likeness (QED) is 0.260. The molecule has 6 heteroatoms. The molecule has 2 aliphatic rings. The van der Waals surface area contributed by atoms with Crippen molar-refractivity contribution >= 4 is 17.6 Å². The summed E-state index contributed by atoms with van der Waals surface area (Å²) in [5.41, 5.74) is 3.96. The van der Waals surface area contributed by atoms with E-state index in [-0.39, 0.29) is 12.1 Å². The number of carbonyl (C=O) groups is 1. The van der Waals surface area contributed by atoms with Crippen LogP contribution in [0.2, 0.25) is 5.02 Å². The topological polar surface area (TPSA) is 44.8 Å². The SMILES string of the molecule is O=C1NC(c2ccccc2)(c2ccccc2)CN1C1CCN(Cc2ccc(OCc3ccccc3)c(Cl)c2)CC1. The van der Waals surface area contributed by atoms with Gasteiger partial charge in [-0.3, -0.25) is 4.90 Å². The first-order valence-corrected chi connectivity index (χ1v) is 14.4. The Morgan fingerprint density at radius 1 is 0.800 bits per heavy atom. The van der Waals surface area contributed by atoms with Crippen molar-refractivity contribution in [2.24, 2.45) is 0 Å². The molecule has 2 aliphatic heterocycles. The van der Waals surface area contributed by atoms with Crippen molar-refractivity contribution in [3.8, 4) is 5.75 Å². The van der Waals surface area contributed by atoms with Crippen LogP contribution in [-0.2, 0) is 18.7 Å². The van der Waals surface area contributed by atoms with Crippen LogP contribution in [0.25, 0.3) is 0 Å². The smallest absolute Gasteiger partial charge is 0.318 e. The van der Waals surface area contributed by atoms with Gasteiger partial charge in [0.25, 0.3) is 0 Å². The lowest BCUT2D eigenvalue weighted by Gasteiger charge is -2.37. The zero-order chi connectivity index (χ0) is 27.4. The lowest BCUT2D eigenvalue weighted by molar-refractivity contribution is 0.129. The Kier molecular flexibility index (Phi) is 7.76. The molecule has 40 heavy (non-hydrogen) atoms. The Labute approximate surface area is 241 Å². The molecule has 4 aromatic rings. The predicted octanol–water partition coefficient (Wildman–Crippen LogP) is 6.85. The molecule has 204 valence electrons. The molecule has 2 fully saturated rings. The van der Waals surface area contributed by atoms with E-state index in [1.54, 1.807) is 0 Å². The highest BCUT2D eigenvalue weighted by Crippen LogP contribution is 2.37. The molecule has 0 atom stereocenters. The maximum absolute atomic E-state index is 13.4. The second kappa shape index (κ2) is 11.7. The van der Waals surface area contributed by atoms with Crippen LogP contribution in [0.4, 0.5) is 4.79 Å². The van der Waals surface area contributed by atoms with Crippen molar-refractivity contribution in [2.75, 3.05) is 19.6 Å². The lowest BCUT2D eigenvalue weighted by Crippen LogP contribution is -2.46. The molecule has 6 rings (SSSR count). The first-order valence-electron chi connectivity index (χ1n) is 14.0. The minimum Gasteiger partial charge on any atom is -0.487 e. The lowest BCUT2D eigenvalue weighted by atomic mass is 9.83. The number of ether oxygens (including phenoxy) is 1. The van der Waals surface area contributed by atoms with Gasteiger partial charge in [0.1, 0.15) is 17.9 Å². The molecule has 0 aromatic heterocycles. The first-order chi connectivity index (χ1) is 19.6. The zero-order valence-corrected chi connectivity index (χ0v) is 23.3. The normalized spacial score (nSPS) is 17.5. The fraction of sp³-hybridized carbons (Fsp3) is 0.265. The van der Waals surface area contributed by atoms with Gasteiger partial charge in [-0.2, -0.15) is 0 Å². The van der Waals surface area contributed by atoms with Crippen LogP contribution in [0, 0.1) is 0 Å². The predicted molar refractivity (Wildman–Crippen MR) is 159 cm³/mol. The number of benzene rings is 4. The molecule has 0 spiro atoms. The van der Waals surface area contributed by atoms with Crippen molar-refractivity contribution < 1.29 is 9.53 Å². The molecule has 2 heterocycles. The van der Waals surface area contributed by atoms with Gasteiger partial charge in [-0.25, -0.2) is 4.79 Å². The average molecular weight is 552 g/mol. The van der Waals surface area contributed by atoms with Crippen LogP contribution in [0.1, 0.15) is 35.1 Å². The minimum absolute atomic E-state index is 0.0176. The number of carbonyl (C=O) groups excluding carboxylic acids is 1. The van der Waals surface area contributed by atoms with E-state index in [9.17, 15) is 4.79 Å². The Morgan fingerprint density at radius 2 is 1.40 bits per heavy atom. The monoisotopic (exact) mass is 551 g/mol. The van der Waals surface area contributed by atoms with E-state index in [4.69, 9.17) is 16.3 Å². The van der Waals surface area contributed by atoms with Gasteiger partial charge in [0.05, 0.1) is 11.6 Å². The fourth-order valence-corrected chi connectivity index (χ4v) is 6.26. The number of nitrogens with zero attached hydrogens (tertiary/aromatic N) is 2. The van der Waals surface area contributed by atoms with Gasteiger partial charge >= 0.3 is 6.03 Å². The number of rotatable bonds is 8. The molecule has 0 aliphatic carbocycles. The summed E-state index contributed by atoms with van der Waals surface area (Å²) in [7, 11) is 0. The highest BCUT2D eigenvalue weighted by atomic mass is 35.5. The van der Waals surface area contributed by atoms with Crippen LogP contribution < -0.4 is 10.1 Å². The zero-order valence-electron chi connectivity index (χ0n) is 22.5. The third kappa shape index (κ3) is 5.58. The maximum Gasteiger partial charge on any atom is 0.318 e. The Balaban J connectivity index is 1.08. The Morgan fingerprint density at radius 3 is 2.00 bits per heavy atom. The summed E-state index contributed by atoms with van der Waals surface area (Å²) in [5, 5.41) is 4.01. The summed E-state index contributed by atoms with van der Waals surface area (Å²) in [6.45, 7) is 3.82. The van der Waals surface area contributed by atoms with E-state index in [0.717, 1.165) is 49.2 Å².